The zero-order valence-electron chi connectivity index (χ0n) is 15.6. The Morgan fingerprint density at radius 2 is 1.90 bits per heavy atom. The number of amides is 1. The first-order valence-corrected chi connectivity index (χ1v) is 9.24. The number of rotatable bonds is 4. The van der Waals surface area contributed by atoms with E-state index >= 15 is 0 Å². The molecule has 2 aromatic carbocycles. The van der Waals surface area contributed by atoms with Gasteiger partial charge in [-0.3, -0.25) is 14.5 Å². The number of aliphatic hydroxyl groups is 1. The Morgan fingerprint density at radius 3 is 2.53 bits per heavy atom. The van der Waals surface area contributed by atoms with Crippen molar-refractivity contribution in [1.29, 1.82) is 0 Å². The lowest BCUT2D eigenvalue weighted by Crippen LogP contribution is -2.29. The number of hydrogen-bond donors (Lipinski definition) is 1. The topological polar surface area (TPSA) is 80.0 Å². The van der Waals surface area contributed by atoms with Crippen molar-refractivity contribution in [3.05, 3.63) is 88.6 Å². The number of carbonyl (C=O) groups excluding carboxylic acids is 2. The molecule has 1 N–H and O–H groups in total. The monoisotopic (exact) mass is 427 g/mol. The molecule has 6 nitrogen and oxygen atoms in total. The van der Waals surface area contributed by atoms with Crippen LogP contribution in [0.4, 0.5) is 10.1 Å². The van der Waals surface area contributed by atoms with Crippen LogP contribution >= 0.6 is 11.6 Å². The van der Waals surface area contributed by atoms with Crippen LogP contribution < -0.4 is 9.64 Å². The minimum Gasteiger partial charge on any atom is -0.507 e. The Labute approximate surface area is 175 Å². The van der Waals surface area contributed by atoms with Crippen molar-refractivity contribution in [2.24, 2.45) is 0 Å². The SMILES string of the molecule is COc1ccc(Cl)c(/C(O)=C2/C(=O)C(=O)N(c3ccc(F)cc3)C2c2ccco2)c1. The highest BCUT2D eigenvalue weighted by molar-refractivity contribution is 6.51. The van der Waals surface area contributed by atoms with Crippen LogP contribution in [0.1, 0.15) is 17.4 Å². The molecule has 0 radical (unpaired) electrons. The van der Waals surface area contributed by atoms with Crippen molar-refractivity contribution in [2.45, 2.75) is 6.04 Å². The number of ketones is 1. The Morgan fingerprint density at radius 1 is 1.17 bits per heavy atom. The number of furan rings is 1. The van der Waals surface area contributed by atoms with Gasteiger partial charge in [-0.15, -0.1) is 0 Å². The van der Waals surface area contributed by atoms with Crippen molar-refractivity contribution in [2.75, 3.05) is 12.0 Å². The van der Waals surface area contributed by atoms with Gasteiger partial charge in [0, 0.05) is 11.3 Å². The van der Waals surface area contributed by atoms with E-state index in [0.29, 0.717) is 5.75 Å². The van der Waals surface area contributed by atoms with Crippen molar-refractivity contribution in [3.63, 3.8) is 0 Å². The molecule has 3 aromatic rings. The quantitative estimate of drug-likeness (QED) is 0.370. The Hall–Kier alpha value is -3.58. The highest BCUT2D eigenvalue weighted by Gasteiger charge is 2.48. The van der Waals surface area contributed by atoms with Gasteiger partial charge in [0.2, 0.25) is 0 Å². The highest BCUT2D eigenvalue weighted by Crippen LogP contribution is 2.43. The maximum absolute atomic E-state index is 13.4. The second kappa shape index (κ2) is 7.68. The minimum atomic E-state index is -1.06. The normalized spacial score (nSPS) is 18.1. The summed E-state index contributed by atoms with van der Waals surface area (Å²) in [5.74, 6) is -2.11. The molecular formula is C22H15ClFNO5. The summed E-state index contributed by atoms with van der Waals surface area (Å²) in [6.07, 6.45) is 1.39. The molecule has 30 heavy (non-hydrogen) atoms. The molecule has 1 fully saturated rings. The Balaban J connectivity index is 1.94. The van der Waals surface area contributed by atoms with E-state index in [1.165, 1.54) is 49.8 Å². The molecule has 1 aromatic heterocycles. The van der Waals surface area contributed by atoms with Crippen LogP contribution in [0.5, 0.6) is 5.75 Å². The molecule has 1 aliphatic rings. The largest absolute Gasteiger partial charge is 0.507 e. The fraction of sp³-hybridized carbons (Fsp3) is 0.0909. The maximum atomic E-state index is 13.4. The van der Waals surface area contributed by atoms with Crippen LogP contribution in [-0.2, 0) is 9.59 Å². The molecule has 0 aliphatic carbocycles. The molecule has 0 saturated carbocycles. The molecule has 1 amide bonds. The van der Waals surface area contributed by atoms with Gasteiger partial charge < -0.3 is 14.3 Å². The molecule has 8 heteroatoms. The predicted molar refractivity (Wildman–Crippen MR) is 108 cm³/mol. The standard InChI is InChI=1S/C22H15ClFNO5/c1-29-14-8-9-16(23)15(11-14)20(26)18-19(17-3-2-10-30-17)25(22(28)21(18)27)13-6-4-12(24)5-7-13/h2-11,19,26H,1H3/b20-18-. The fourth-order valence-electron chi connectivity index (χ4n) is 3.37. The Kier molecular flexibility index (Phi) is 5.05. The van der Waals surface area contributed by atoms with Crippen molar-refractivity contribution in [3.8, 4) is 5.75 Å². The fourth-order valence-corrected chi connectivity index (χ4v) is 3.58. The molecule has 152 valence electrons. The van der Waals surface area contributed by atoms with E-state index < -0.39 is 29.3 Å². The number of carbonyl (C=O) groups is 2. The van der Waals surface area contributed by atoms with Gasteiger partial charge in [0.05, 0.1) is 24.0 Å². The van der Waals surface area contributed by atoms with Gasteiger partial charge in [-0.1, -0.05) is 11.6 Å². The lowest BCUT2D eigenvalue weighted by atomic mass is 9.99. The van der Waals surface area contributed by atoms with Gasteiger partial charge in [-0.2, -0.15) is 0 Å². The summed E-state index contributed by atoms with van der Waals surface area (Å²) >= 11 is 6.23. The summed E-state index contributed by atoms with van der Waals surface area (Å²) in [7, 11) is 1.45. The van der Waals surface area contributed by atoms with E-state index in [9.17, 15) is 19.1 Å². The molecule has 1 aliphatic heterocycles. The number of methoxy groups -OCH3 is 1. The number of benzene rings is 2. The predicted octanol–water partition coefficient (Wildman–Crippen LogP) is 4.71. The number of halogens is 2. The summed E-state index contributed by atoms with van der Waals surface area (Å²) in [5, 5.41) is 11.2. The van der Waals surface area contributed by atoms with E-state index in [4.69, 9.17) is 20.8 Å². The van der Waals surface area contributed by atoms with Crippen LogP contribution in [0, 0.1) is 5.82 Å². The summed E-state index contributed by atoms with van der Waals surface area (Å²) in [6, 6.07) is 11.8. The highest BCUT2D eigenvalue weighted by atomic mass is 35.5. The first-order chi connectivity index (χ1) is 14.4. The molecule has 1 saturated heterocycles. The third-order valence-electron chi connectivity index (χ3n) is 4.79. The second-order valence-corrected chi connectivity index (χ2v) is 6.91. The third kappa shape index (κ3) is 3.23. The number of aliphatic hydroxyl groups excluding tert-OH is 1. The van der Waals surface area contributed by atoms with E-state index in [1.807, 2.05) is 0 Å². The maximum Gasteiger partial charge on any atom is 0.300 e. The number of anilines is 1. The lowest BCUT2D eigenvalue weighted by molar-refractivity contribution is -0.132. The molecule has 1 atom stereocenters. The van der Waals surface area contributed by atoms with Crippen molar-refractivity contribution >= 4 is 34.7 Å². The van der Waals surface area contributed by atoms with Crippen LogP contribution in [0.15, 0.2) is 70.9 Å². The average Bonchev–Trinajstić information content (AvgIpc) is 3.36. The summed E-state index contributed by atoms with van der Waals surface area (Å²) < 4.78 is 24.0. The van der Waals surface area contributed by atoms with Crippen molar-refractivity contribution in [1.82, 2.24) is 0 Å². The van der Waals surface area contributed by atoms with Gasteiger partial charge in [0.25, 0.3) is 11.7 Å². The molecule has 2 heterocycles. The lowest BCUT2D eigenvalue weighted by Gasteiger charge is -2.23. The van der Waals surface area contributed by atoms with E-state index in [2.05, 4.69) is 0 Å². The van der Waals surface area contributed by atoms with Crippen LogP contribution in [0.3, 0.4) is 0 Å². The third-order valence-corrected chi connectivity index (χ3v) is 5.12. The van der Waals surface area contributed by atoms with Gasteiger partial charge in [-0.05, 0) is 54.6 Å². The van der Waals surface area contributed by atoms with Gasteiger partial charge >= 0.3 is 0 Å². The number of Topliss-reactive ketones (excluding diaryl/α,β-unsaturated/α-hetero) is 1. The first-order valence-electron chi connectivity index (χ1n) is 8.86. The van der Waals surface area contributed by atoms with E-state index in [-0.39, 0.29) is 27.6 Å². The molecule has 4 rings (SSSR count). The number of nitrogens with zero attached hydrogens (tertiary/aromatic N) is 1. The molecule has 1 unspecified atom stereocenters. The second-order valence-electron chi connectivity index (χ2n) is 6.51. The van der Waals surface area contributed by atoms with Crippen LogP contribution in [-0.4, -0.2) is 23.9 Å². The van der Waals surface area contributed by atoms with Crippen molar-refractivity contribution < 1.29 is 28.2 Å². The number of hydrogen-bond acceptors (Lipinski definition) is 5. The van der Waals surface area contributed by atoms with Gasteiger partial charge in [0.1, 0.15) is 29.1 Å². The molecular weight excluding hydrogens is 413 g/mol. The first kappa shape index (κ1) is 19.7. The Bertz CT molecular complexity index is 1150. The van der Waals surface area contributed by atoms with Gasteiger partial charge in [-0.25, -0.2) is 4.39 Å². The molecule has 0 bridgehead atoms. The average molecular weight is 428 g/mol. The minimum absolute atomic E-state index is 0.129. The van der Waals surface area contributed by atoms with Crippen LogP contribution in [0.25, 0.3) is 5.76 Å². The summed E-state index contributed by atoms with van der Waals surface area (Å²) in [5.41, 5.74) is 0.204. The zero-order chi connectivity index (χ0) is 21.4. The summed E-state index contributed by atoms with van der Waals surface area (Å²) in [4.78, 5) is 27.0. The van der Waals surface area contributed by atoms with Gasteiger partial charge in [0.15, 0.2) is 0 Å². The smallest absolute Gasteiger partial charge is 0.300 e. The number of ether oxygens (including phenoxy) is 1. The zero-order valence-corrected chi connectivity index (χ0v) is 16.4. The molecule has 0 spiro atoms. The summed E-state index contributed by atoms with van der Waals surface area (Å²) in [6.45, 7) is 0. The van der Waals surface area contributed by atoms with E-state index in [0.717, 1.165) is 4.90 Å². The van der Waals surface area contributed by atoms with Crippen LogP contribution in [0.2, 0.25) is 5.02 Å². The van der Waals surface area contributed by atoms with E-state index in [1.54, 1.807) is 18.2 Å².